The highest BCUT2D eigenvalue weighted by atomic mass is 35.5. The van der Waals surface area contributed by atoms with Crippen LogP contribution in [0, 0.1) is 12.7 Å². The van der Waals surface area contributed by atoms with Crippen LogP contribution >= 0.6 is 11.6 Å². The summed E-state index contributed by atoms with van der Waals surface area (Å²) in [6.07, 6.45) is 0. The molecule has 0 saturated carbocycles. The maximum absolute atomic E-state index is 14.1. The Morgan fingerprint density at radius 2 is 1.85 bits per heavy atom. The van der Waals surface area contributed by atoms with Gasteiger partial charge in [0, 0.05) is 17.3 Å². The molecule has 0 aromatic heterocycles. The van der Waals surface area contributed by atoms with E-state index < -0.39 is 32.7 Å². The Balaban J connectivity index is 2.27. The summed E-state index contributed by atoms with van der Waals surface area (Å²) in [5.41, 5.74) is 1.59. The molecule has 1 atom stereocenters. The van der Waals surface area contributed by atoms with E-state index in [2.05, 4.69) is 5.32 Å². The molecule has 0 fully saturated rings. The predicted molar refractivity (Wildman–Crippen MR) is 100 cm³/mol. The van der Waals surface area contributed by atoms with Gasteiger partial charge < -0.3 is 5.32 Å². The van der Waals surface area contributed by atoms with Crippen LogP contribution in [0.15, 0.2) is 47.4 Å². The van der Waals surface area contributed by atoms with Crippen LogP contribution in [-0.2, 0) is 14.8 Å². The van der Waals surface area contributed by atoms with E-state index in [9.17, 15) is 17.6 Å². The van der Waals surface area contributed by atoms with E-state index in [1.165, 1.54) is 13.0 Å². The molecule has 0 bridgehead atoms. The van der Waals surface area contributed by atoms with Crippen molar-refractivity contribution >= 4 is 33.2 Å². The van der Waals surface area contributed by atoms with Crippen molar-refractivity contribution in [1.82, 2.24) is 4.31 Å². The summed E-state index contributed by atoms with van der Waals surface area (Å²) in [5.74, 6) is -1.46. The van der Waals surface area contributed by atoms with Gasteiger partial charge in [-0.3, -0.25) is 4.79 Å². The van der Waals surface area contributed by atoms with Crippen LogP contribution in [-0.4, -0.2) is 31.2 Å². The molecule has 26 heavy (non-hydrogen) atoms. The van der Waals surface area contributed by atoms with Crippen LogP contribution < -0.4 is 5.32 Å². The molecule has 2 aromatic carbocycles. The van der Waals surface area contributed by atoms with Crippen LogP contribution in [0.2, 0.25) is 5.02 Å². The Bertz CT molecular complexity index is 901. The predicted octanol–water partition coefficient (Wildman–Crippen LogP) is 3.83. The third-order valence-electron chi connectivity index (χ3n) is 3.92. The highest BCUT2D eigenvalue weighted by Crippen LogP contribution is 2.24. The summed E-state index contributed by atoms with van der Waals surface area (Å²) in [5, 5.41) is 2.76. The Kier molecular flexibility index (Phi) is 6.39. The van der Waals surface area contributed by atoms with Gasteiger partial charge in [-0.2, -0.15) is 4.31 Å². The number of hydrogen-bond donors (Lipinski definition) is 1. The molecule has 0 radical (unpaired) electrons. The first kappa shape index (κ1) is 20.4. The number of benzene rings is 2. The molecule has 8 heteroatoms. The van der Waals surface area contributed by atoms with E-state index >= 15 is 0 Å². The molecule has 2 aromatic rings. The number of anilines is 1. The number of rotatable bonds is 6. The van der Waals surface area contributed by atoms with Gasteiger partial charge in [0.2, 0.25) is 15.9 Å². The standard InChI is InChI=1S/C18H20ClFN2O3S/c1-4-22(26(24,25)17-10-7-14(19)11-16(17)20)13(3)18(23)21-15-8-5-12(2)6-9-15/h5-11,13H,4H2,1-3H3,(H,21,23)/t13-/m1/s1. The number of aryl methyl sites for hydroxylation is 1. The molecule has 0 aliphatic carbocycles. The van der Waals surface area contributed by atoms with Gasteiger partial charge in [0.1, 0.15) is 16.8 Å². The van der Waals surface area contributed by atoms with Crippen molar-refractivity contribution in [3.8, 4) is 0 Å². The second-order valence-electron chi connectivity index (χ2n) is 5.81. The van der Waals surface area contributed by atoms with Gasteiger partial charge in [0.05, 0.1) is 0 Å². The third kappa shape index (κ3) is 4.41. The lowest BCUT2D eigenvalue weighted by molar-refractivity contribution is -0.119. The molecule has 140 valence electrons. The van der Waals surface area contributed by atoms with Gasteiger partial charge in [0.15, 0.2) is 0 Å². The first-order valence-electron chi connectivity index (χ1n) is 8.01. The van der Waals surface area contributed by atoms with Crippen molar-refractivity contribution in [3.63, 3.8) is 0 Å². The minimum Gasteiger partial charge on any atom is -0.325 e. The Labute approximate surface area is 157 Å². The first-order valence-corrected chi connectivity index (χ1v) is 9.83. The van der Waals surface area contributed by atoms with E-state index in [4.69, 9.17) is 11.6 Å². The zero-order valence-corrected chi connectivity index (χ0v) is 16.2. The minimum absolute atomic E-state index is 0.00683. The van der Waals surface area contributed by atoms with Crippen molar-refractivity contribution in [2.75, 3.05) is 11.9 Å². The molecule has 0 saturated heterocycles. The molecule has 0 unspecified atom stereocenters. The lowest BCUT2D eigenvalue weighted by Gasteiger charge is -2.26. The first-order chi connectivity index (χ1) is 12.2. The summed E-state index contributed by atoms with van der Waals surface area (Å²) >= 11 is 5.68. The van der Waals surface area contributed by atoms with Crippen molar-refractivity contribution in [2.45, 2.75) is 31.7 Å². The molecule has 2 rings (SSSR count). The van der Waals surface area contributed by atoms with Crippen molar-refractivity contribution in [2.24, 2.45) is 0 Å². The zero-order valence-electron chi connectivity index (χ0n) is 14.7. The van der Waals surface area contributed by atoms with Crippen LogP contribution in [0.5, 0.6) is 0 Å². The molecule has 1 amide bonds. The largest absolute Gasteiger partial charge is 0.325 e. The molecular weight excluding hydrogens is 379 g/mol. The highest BCUT2D eigenvalue weighted by Gasteiger charge is 2.33. The third-order valence-corrected chi connectivity index (χ3v) is 6.24. The van der Waals surface area contributed by atoms with Gasteiger partial charge in [-0.25, -0.2) is 12.8 Å². The summed E-state index contributed by atoms with van der Waals surface area (Å²) in [4.78, 5) is 12.0. The number of amides is 1. The van der Waals surface area contributed by atoms with E-state index in [1.807, 2.05) is 19.1 Å². The summed E-state index contributed by atoms with van der Waals surface area (Å²) in [6.45, 7) is 4.96. The Morgan fingerprint density at radius 1 is 1.23 bits per heavy atom. The molecular formula is C18H20ClFN2O3S. The van der Waals surface area contributed by atoms with E-state index in [0.29, 0.717) is 5.69 Å². The number of carbonyl (C=O) groups excluding carboxylic acids is 1. The minimum atomic E-state index is -4.20. The van der Waals surface area contributed by atoms with E-state index in [0.717, 1.165) is 22.0 Å². The van der Waals surface area contributed by atoms with Gasteiger partial charge in [-0.15, -0.1) is 0 Å². The summed E-state index contributed by atoms with van der Waals surface area (Å²) in [6, 6.07) is 9.41. The van der Waals surface area contributed by atoms with Crippen molar-refractivity contribution in [1.29, 1.82) is 0 Å². The monoisotopic (exact) mass is 398 g/mol. The molecule has 0 aliphatic heterocycles. The fourth-order valence-electron chi connectivity index (χ4n) is 2.48. The molecule has 1 N–H and O–H groups in total. The molecule has 0 aliphatic rings. The lowest BCUT2D eigenvalue weighted by atomic mass is 10.2. The average molecular weight is 399 g/mol. The number of halogens is 2. The SMILES string of the molecule is CCN([C@H](C)C(=O)Nc1ccc(C)cc1)S(=O)(=O)c1ccc(Cl)cc1F. The second kappa shape index (κ2) is 8.16. The summed E-state index contributed by atoms with van der Waals surface area (Å²) < 4.78 is 40.7. The summed E-state index contributed by atoms with van der Waals surface area (Å²) in [7, 11) is -4.20. The normalized spacial score (nSPS) is 12.8. The average Bonchev–Trinajstić information content (AvgIpc) is 2.56. The number of nitrogens with zero attached hydrogens (tertiary/aromatic N) is 1. The van der Waals surface area contributed by atoms with Crippen LogP contribution in [0.4, 0.5) is 10.1 Å². The maximum Gasteiger partial charge on any atom is 0.246 e. The van der Waals surface area contributed by atoms with Crippen molar-refractivity contribution < 1.29 is 17.6 Å². The fraction of sp³-hybridized carbons (Fsp3) is 0.278. The van der Waals surface area contributed by atoms with Gasteiger partial charge in [-0.1, -0.05) is 36.2 Å². The number of carbonyl (C=O) groups is 1. The topological polar surface area (TPSA) is 66.5 Å². The van der Waals surface area contributed by atoms with Gasteiger partial charge in [-0.05, 0) is 44.2 Å². The lowest BCUT2D eigenvalue weighted by Crippen LogP contribution is -2.45. The fourth-order valence-corrected chi connectivity index (χ4v) is 4.29. The molecule has 0 heterocycles. The number of sulfonamides is 1. The smallest absolute Gasteiger partial charge is 0.246 e. The zero-order chi connectivity index (χ0) is 19.5. The number of likely N-dealkylation sites (N-methyl/N-ethyl adjacent to an activating group) is 1. The van der Waals surface area contributed by atoms with E-state index in [-0.39, 0.29) is 11.6 Å². The molecule has 5 nitrogen and oxygen atoms in total. The highest BCUT2D eigenvalue weighted by molar-refractivity contribution is 7.89. The Hall–Kier alpha value is -1.96. The maximum atomic E-state index is 14.1. The Morgan fingerprint density at radius 3 is 2.38 bits per heavy atom. The molecule has 0 spiro atoms. The van der Waals surface area contributed by atoms with Crippen LogP contribution in [0.3, 0.4) is 0 Å². The quantitative estimate of drug-likeness (QED) is 0.804. The van der Waals surface area contributed by atoms with Crippen molar-refractivity contribution in [3.05, 3.63) is 58.9 Å². The van der Waals surface area contributed by atoms with Crippen LogP contribution in [0.25, 0.3) is 0 Å². The van der Waals surface area contributed by atoms with Crippen LogP contribution in [0.1, 0.15) is 19.4 Å². The van der Waals surface area contributed by atoms with Gasteiger partial charge >= 0.3 is 0 Å². The van der Waals surface area contributed by atoms with Gasteiger partial charge in [0.25, 0.3) is 0 Å². The number of hydrogen-bond acceptors (Lipinski definition) is 3. The van der Waals surface area contributed by atoms with E-state index in [1.54, 1.807) is 19.1 Å². The number of nitrogens with one attached hydrogen (secondary N) is 1. The second-order valence-corrected chi connectivity index (χ2v) is 8.11.